The van der Waals surface area contributed by atoms with E-state index in [1.165, 1.54) is 6.07 Å². The second-order valence-corrected chi connectivity index (χ2v) is 10.7. The van der Waals surface area contributed by atoms with Crippen LogP contribution in [0.1, 0.15) is 65.8 Å². The Labute approximate surface area is 279 Å². The third kappa shape index (κ3) is 11.9. The molecular weight excluding hydrogens is 612 g/mol. The number of hydrogen-bond acceptors (Lipinski definition) is 8. The zero-order chi connectivity index (χ0) is 34.7. The van der Waals surface area contributed by atoms with Crippen molar-refractivity contribution in [3.8, 4) is 28.4 Å². The molecule has 4 aromatic carbocycles. The number of aliphatic carboxylic acids is 1. The Hall–Kier alpha value is -5.70. The van der Waals surface area contributed by atoms with Crippen molar-refractivity contribution in [2.45, 2.75) is 46.0 Å². The maximum Gasteiger partial charge on any atom is 0.344 e. The van der Waals surface area contributed by atoms with Crippen molar-refractivity contribution in [3.63, 3.8) is 0 Å². The Kier molecular flexibility index (Phi) is 15.1. The van der Waals surface area contributed by atoms with Crippen molar-refractivity contribution in [2.75, 3.05) is 13.2 Å². The van der Waals surface area contributed by atoms with E-state index in [2.05, 4.69) is 13.8 Å². The summed E-state index contributed by atoms with van der Waals surface area (Å²) < 4.78 is 16.4. The van der Waals surface area contributed by atoms with Gasteiger partial charge in [0.1, 0.15) is 22.8 Å². The number of hydrogen-bond donors (Lipinski definition) is 2. The molecule has 0 spiro atoms. The number of carboxylic acids is 1. The monoisotopic (exact) mass is 652 g/mol. The van der Waals surface area contributed by atoms with E-state index in [1.54, 1.807) is 54.6 Å². The molecule has 0 aliphatic rings. The van der Waals surface area contributed by atoms with Crippen molar-refractivity contribution in [1.29, 1.82) is 0 Å². The smallest absolute Gasteiger partial charge is 0.344 e. The summed E-state index contributed by atoms with van der Waals surface area (Å²) in [5.41, 5.74) is 2.89. The minimum atomic E-state index is -0.811. The number of carbonyl (C=O) groups excluding carboxylic acids is 2. The standard InChI is InChI=1S/C19H18O4.C12H16O3.C8H6O2/c1-2-3-10-22-16-8-5-13(6-9-16)17-11-14-4-7-15(20)12-18(14)23-19(17)21;1-2-3-8-15-11-6-4-10(5-7-11)9-12(13)14;9-5-7-3-1-2-4-8(7)6-10/h4-9,11-12,20H,2-3,10H2,1H3;4-7H,2-3,8-9H2,1H3,(H,13,14);1-6H. The number of phenols is 1. The number of aromatic hydroxyl groups is 1. The predicted octanol–water partition coefficient (Wildman–Crippen LogP) is 8.15. The third-order valence-electron chi connectivity index (χ3n) is 6.95. The van der Waals surface area contributed by atoms with Gasteiger partial charge >= 0.3 is 11.6 Å². The highest BCUT2D eigenvalue weighted by molar-refractivity contribution is 5.90. The number of aldehydes is 2. The van der Waals surface area contributed by atoms with Crippen LogP contribution < -0.4 is 15.1 Å². The number of fused-ring (bicyclic) bond motifs is 1. The first-order chi connectivity index (χ1) is 23.3. The average Bonchev–Trinajstić information content (AvgIpc) is 3.09. The van der Waals surface area contributed by atoms with Gasteiger partial charge in [-0.05, 0) is 66.4 Å². The molecule has 0 atom stereocenters. The van der Waals surface area contributed by atoms with Crippen LogP contribution in [-0.2, 0) is 11.2 Å². The van der Waals surface area contributed by atoms with Gasteiger partial charge in [0.15, 0.2) is 12.6 Å². The summed E-state index contributed by atoms with van der Waals surface area (Å²) in [6.45, 7) is 5.64. The maximum atomic E-state index is 12.2. The van der Waals surface area contributed by atoms with Gasteiger partial charge in [-0.3, -0.25) is 14.4 Å². The maximum absolute atomic E-state index is 12.2. The van der Waals surface area contributed by atoms with Crippen LogP contribution in [0.5, 0.6) is 17.2 Å². The summed E-state index contributed by atoms with van der Waals surface area (Å²) >= 11 is 0. The van der Waals surface area contributed by atoms with E-state index < -0.39 is 11.6 Å². The minimum absolute atomic E-state index is 0.0647. The molecule has 5 rings (SSSR count). The number of carboxylic acid groups (broad SMARTS) is 1. The molecule has 0 unspecified atom stereocenters. The van der Waals surface area contributed by atoms with Crippen LogP contribution in [0, 0.1) is 0 Å². The lowest BCUT2D eigenvalue weighted by Crippen LogP contribution is -2.02. The third-order valence-corrected chi connectivity index (χ3v) is 6.95. The van der Waals surface area contributed by atoms with Crippen molar-refractivity contribution in [3.05, 3.63) is 124 Å². The van der Waals surface area contributed by atoms with Crippen LogP contribution >= 0.6 is 0 Å². The van der Waals surface area contributed by atoms with Gasteiger partial charge in [-0.1, -0.05) is 75.2 Å². The van der Waals surface area contributed by atoms with Crippen molar-refractivity contribution in [2.24, 2.45) is 0 Å². The largest absolute Gasteiger partial charge is 0.508 e. The molecule has 5 aromatic rings. The quantitative estimate of drug-likeness (QED) is 0.0732. The Morgan fingerprint density at radius 2 is 1.29 bits per heavy atom. The number of unbranched alkanes of at least 4 members (excludes halogenated alkanes) is 2. The number of ether oxygens (including phenoxy) is 2. The van der Waals surface area contributed by atoms with Crippen molar-refractivity contribution >= 4 is 29.5 Å². The van der Waals surface area contributed by atoms with E-state index in [1.807, 2.05) is 36.4 Å². The van der Waals surface area contributed by atoms with E-state index in [0.717, 1.165) is 60.3 Å². The SMILES string of the molecule is CCCCOc1ccc(-c2cc3ccc(O)cc3oc2=O)cc1.CCCCOc1ccc(CC(=O)O)cc1.O=Cc1ccccc1C=O. The second kappa shape index (κ2) is 19.7. The van der Waals surface area contributed by atoms with Gasteiger partial charge in [-0.2, -0.15) is 0 Å². The molecule has 2 N–H and O–H groups in total. The molecule has 1 heterocycles. The van der Waals surface area contributed by atoms with E-state index in [0.29, 0.717) is 41.5 Å². The molecule has 0 aliphatic carbocycles. The lowest BCUT2D eigenvalue weighted by Gasteiger charge is -2.07. The van der Waals surface area contributed by atoms with E-state index in [9.17, 15) is 24.3 Å². The van der Waals surface area contributed by atoms with Gasteiger partial charge in [0.05, 0.1) is 25.2 Å². The van der Waals surface area contributed by atoms with Gasteiger partial charge in [0, 0.05) is 22.6 Å². The molecule has 250 valence electrons. The summed E-state index contributed by atoms with van der Waals surface area (Å²) in [6, 6.07) is 27.7. The number of carbonyl (C=O) groups is 3. The Morgan fingerprint density at radius 1 is 0.750 bits per heavy atom. The van der Waals surface area contributed by atoms with E-state index in [-0.39, 0.29) is 12.2 Å². The second-order valence-electron chi connectivity index (χ2n) is 10.7. The average molecular weight is 653 g/mol. The molecule has 0 radical (unpaired) electrons. The summed E-state index contributed by atoms with van der Waals surface area (Å²) in [5, 5.41) is 18.8. The lowest BCUT2D eigenvalue weighted by molar-refractivity contribution is -0.136. The number of phenolic OH excluding ortho intramolecular Hbond substituents is 1. The van der Waals surface area contributed by atoms with Gasteiger partial charge < -0.3 is 24.1 Å². The highest BCUT2D eigenvalue weighted by Crippen LogP contribution is 2.25. The van der Waals surface area contributed by atoms with Crippen LogP contribution in [0.4, 0.5) is 0 Å². The van der Waals surface area contributed by atoms with E-state index in [4.69, 9.17) is 19.0 Å². The fourth-order valence-corrected chi connectivity index (χ4v) is 4.30. The van der Waals surface area contributed by atoms with Crippen LogP contribution in [0.15, 0.2) is 106 Å². The molecule has 0 bridgehead atoms. The molecule has 9 nitrogen and oxygen atoms in total. The fraction of sp³-hybridized carbons (Fsp3) is 0.231. The zero-order valence-electron chi connectivity index (χ0n) is 27.1. The molecule has 1 aromatic heterocycles. The van der Waals surface area contributed by atoms with Gasteiger partial charge in [-0.25, -0.2) is 4.79 Å². The highest BCUT2D eigenvalue weighted by Gasteiger charge is 2.09. The predicted molar refractivity (Wildman–Crippen MR) is 185 cm³/mol. The molecule has 0 amide bonds. The normalized spacial score (nSPS) is 10.1. The fourth-order valence-electron chi connectivity index (χ4n) is 4.30. The Bertz CT molecular complexity index is 1780. The first kappa shape index (κ1) is 36.8. The summed E-state index contributed by atoms with van der Waals surface area (Å²) in [6.07, 6.45) is 5.66. The Morgan fingerprint density at radius 3 is 1.79 bits per heavy atom. The van der Waals surface area contributed by atoms with Crippen LogP contribution in [0.2, 0.25) is 0 Å². The topological polar surface area (TPSA) is 140 Å². The molecule has 48 heavy (non-hydrogen) atoms. The van der Waals surface area contributed by atoms with Crippen molar-refractivity contribution < 1.29 is 38.5 Å². The van der Waals surface area contributed by atoms with E-state index >= 15 is 0 Å². The molecular formula is C39H40O9. The van der Waals surface area contributed by atoms with Crippen LogP contribution in [0.3, 0.4) is 0 Å². The highest BCUT2D eigenvalue weighted by atomic mass is 16.5. The summed E-state index contributed by atoms with van der Waals surface area (Å²) in [7, 11) is 0. The molecule has 9 heteroatoms. The van der Waals surface area contributed by atoms with Gasteiger partial charge in [0.25, 0.3) is 0 Å². The Balaban J connectivity index is 0.000000215. The molecule has 0 saturated heterocycles. The minimum Gasteiger partial charge on any atom is -0.508 e. The number of rotatable bonds is 13. The lowest BCUT2D eigenvalue weighted by atomic mass is 10.1. The van der Waals surface area contributed by atoms with Gasteiger partial charge in [0.2, 0.25) is 0 Å². The molecule has 0 aliphatic heterocycles. The first-order valence-corrected chi connectivity index (χ1v) is 15.7. The summed E-state index contributed by atoms with van der Waals surface area (Å²) in [4.78, 5) is 43.0. The molecule has 0 saturated carbocycles. The van der Waals surface area contributed by atoms with Crippen LogP contribution in [0.25, 0.3) is 22.1 Å². The zero-order valence-corrected chi connectivity index (χ0v) is 27.1. The van der Waals surface area contributed by atoms with Crippen LogP contribution in [-0.4, -0.2) is 42.0 Å². The molecule has 0 fully saturated rings. The van der Waals surface area contributed by atoms with Gasteiger partial charge in [-0.15, -0.1) is 0 Å². The summed E-state index contributed by atoms with van der Waals surface area (Å²) in [5.74, 6) is 0.853. The first-order valence-electron chi connectivity index (χ1n) is 15.7. The van der Waals surface area contributed by atoms with Crippen molar-refractivity contribution in [1.82, 2.24) is 0 Å². The number of benzene rings is 4.